The number of hydrogen-bond donors (Lipinski definition) is 1. The van der Waals surface area contributed by atoms with Crippen molar-refractivity contribution >= 4 is 33.6 Å². The van der Waals surface area contributed by atoms with E-state index in [1.807, 2.05) is 18.5 Å². The number of aromatic amines is 1. The Morgan fingerprint density at radius 1 is 1.50 bits per heavy atom. The van der Waals surface area contributed by atoms with Gasteiger partial charge in [0.05, 0.1) is 0 Å². The number of fused-ring (bicyclic) bond motifs is 1. The summed E-state index contributed by atoms with van der Waals surface area (Å²) in [5.41, 5.74) is 0.959. The van der Waals surface area contributed by atoms with Crippen molar-refractivity contribution in [2.24, 2.45) is 0 Å². The zero-order chi connectivity index (χ0) is 6.97. The van der Waals surface area contributed by atoms with E-state index in [-0.39, 0.29) is 0 Å². The van der Waals surface area contributed by atoms with E-state index in [2.05, 4.69) is 38.6 Å². The van der Waals surface area contributed by atoms with E-state index in [0.717, 1.165) is 5.65 Å². The van der Waals surface area contributed by atoms with Gasteiger partial charge in [0.25, 0.3) is 0 Å². The summed E-state index contributed by atoms with van der Waals surface area (Å²) < 4.78 is 1.17. The molecule has 0 atom stereocenters. The molecule has 0 aromatic carbocycles. The highest BCUT2D eigenvalue weighted by molar-refractivity contribution is 14.1. The minimum Gasteiger partial charge on any atom is -0.346 e. The summed E-state index contributed by atoms with van der Waals surface area (Å²) in [4.78, 5) is 7.21. The van der Waals surface area contributed by atoms with Crippen LogP contribution in [0.2, 0.25) is 0 Å². The molecule has 0 bridgehead atoms. The maximum atomic E-state index is 4.18. The van der Waals surface area contributed by atoms with E-state index in [9.17, 15) is 0 Å². The lowest BCUT2D eigenvalue weighted by Crippen LogP contribution is -1.76. The van der Waals surface area contributed by atoms with E-state index in [4.69, 9.17) is 0 Å². The zero-order valence-corrected chi connectivity index (χ0v) is 7.29. The molecule has 50 valence electrons. The van der Waals surface area contributed by atoms with Gasteiger partial charge in [0.1, 0.15) is 5.65 Å². The van der Waals surface area contributed by atoms with Crippen LogP contribution in [0.1, 0.15) is 0 Å². The average molecular weight is 244 g/mol. The van der Waals surface area contributed by atoms with Gasteiger partial charge in [-0.15, -0.1) is 0 Å². The molecular weight excluding hydrogens is 239 g/mol. The molecule has 0 unspecified atom stereocenters. The Labute approximate surface area is 71.8 Å². The van der Waals surface area contributed by atoms with Crippen LogP contribution in [0.25, 0.3) is 11.0 Å². The Hall–Kier alpha value is -0.580. The molecule has 2 rings (SSSR count). The normalized spacial score (nSPS) is 10.5. The second-order valence-electron chi connectivity index (χ2n) is 2.07. The highest BCUT2D eigenvalue weighted by atomic mass is 127. The number of nitrogens with one attached hydrogen (secondary N) is 1. The molecule has 0 aliphatic rings. The van der Waals surface area contributed by atoms with Crippen molar-refractivity contribution in [3.05, 3.63) is 28.1 Å². The van der Waals surface area contributed by atoms with Crippen LogP contribution in [0.4, 0.5) is 0 Å². The summed E-state index contributed by atoms with van der Waals surface area (Å²) in [5.74, 6) is 0. The molecule has 10 heavy (non-hydrogen) atoms. The smallest absolute Gasteiger partial charge is 0.137 e. The molecule has 0 saturated carbocycles. The molecule has 0 radical (unpaired) electrons. The Kier molecular flexibility index (Phi) is 1.37. The minimum absolute atomic E-state index is 0.959. The number of aromatic nitrogens is 2. The first-order chi connectivity index (χ1) is 4.86. The van der Waals surface area contributed by atoms with E-state index < -0.39 is 0 Å². The van der Waals surface area contributed by atoms with E-state index in [1.165, 1.54) is 8.96 Å². The zero-order valence-electron chi connectivity index (χ0n) is 5.13. The van der Waals surface area contributed by atoms with Crippen LogP contribution in [0.15, 0.2) is 24.5 Å². The van der Waals surface area contributed by atoms with Gasteiger partial charge in [-0.1, -0.05) is 0 Å². The highest BCUT2D eigenvalue weighted by Crippen LogP contribution is 2.11. The van der Waals surface area contributed by atoms with Crippen LogP contribution >= 0.6 is 22.6 Å². The summed E-state index contributed by atoms with van der Waals surface area (Å²) >= 11 is 2.25. The first-order valence-corrected chi connectivity index (χ1v) is 4.03. The van der Waals surface area contributed by atoms with Gasteiger partial charge < -0.3 is 4.98 Å². The fraction of sp³-hybridized carbons (Fsp3) is 0. The van der Waals surface area contributed by atoms with Gasteiger partial charge in [0.15, 0.2) is 0 Å². The molecule has 0 saturated heterocycles. The molecule has 2 aromatic rings. The predicted octanol–water partition coefficient (Wildman–Crippen LogP) is 2.17. The highest BCUT2D eigenvalue weighted by Gasteiger charge is 1.93. The van der Waals surface area contributed by atoms with Crippen molar-refractivity contribution in [2.45, 2.75) is 0 Å². The molecule has 0 fully saturated rings. The summed E-state index contributed by atoms with van der Waals surface area (Å²) in [5, 5.41) is 1.17. The summed E-state index contributed by atoms with van der Waals surface area (Å²) in [6.45, 7) is 0. The van der Waals surface area contributed by atoms with Crippen molar-refractivity contribution in [1.29, 1.82) is 0 Å². The Balaban J connectivity index is 2.86. The molecule has 2 heterocycles. The molecule has 2 aromatic heterocycles. The van der Waals surface area contributed by atoms with Crippen molar-refractivity contribution in [3.63, 3.8) is 0 Å². The van der Waals surface area contributed by atoms with Crippen LogP contribution in [0, 0.1) is 3.57 Å². The largest absolute Gasteiger partial charge is 0.346 e. The fourth-order valence-electron chi connectivity index (χ4n) is 0.913. The molecular formula is C7H5IN2. The average Bonchev–Trinajstić information content (AvgIpc) is 2.33. The monoisotopic (exact) mass is 244 g/mol. The van der Waals surface area contributed by atoms with Gasteiger partial charge in [-0.05, 0) is 34.7 Å². The number of nitrogens with zero attached hydrogens (tertiary/aromatic N) is 1. The van der Waals surface area contributed by atoms with Crippen molar-refractivity contribution in [2.75, 3.05) is 0 Å². The number of pyridine rings is 1. The Morgan fingerprint density at radius 2 is 2.40 bits per heavy atom. The minimum atomic E-state index is 0.959. The third kappa shape index (κ3) is 0.901. The first kappa shape index (κ1) is 6.15. The third-order valence-electron chi connectivity index (χ3n) is 1.37. The van der Waals surface area contributed by atoms with Crippen LogP contribution in [0.5, 0.6) is 0 Å². The second-order valence-corrected chi connectivity index (χ2v) is 3.31. The fourth-order valence-corrected chi connectivity index (χ4v) is 1.39. The summed E-state index contributed by atoms with van der Waals surface area (Å²) in [7, 11) is 0. The van der Waals surface area contributed by atoms with Crippen molar-refractivity contribution < 1.29 is 0 Å². The Bertz CT molecular complexity index is 353. The van der Waals surface area contributed by atoms with Crippen molar-refractivity contribution in [1.82, 2.24) is 9.97 Å². The number of H-pyrrole nitrogens is 1. The van der Waals surface area contributed by atoms with E-state index in [1.54, 1.807) is 0 Å². The van der Waals surface area contributed by atoms with Crippen LogP contribution < -0.4 is 0 Å². The van der Waals surface area contributed by atoms with Gasteiger partial charge in [-0.2, -0.15) is 0 Å². The van der Waals surface area contributed by atoms with Crippen LogP contribution in [-0.2, 0) is 0 Å². The standard InChI is InChI=1S/C7H5IN2/c8-6-3-5-1-2-9-7(5)10-4-6/h1-4H,(H,9,10). The van der Waals surface area contributed by atoms with Crippen LogP contribution in [0.3, 0.4) is 0 Å². The summed E-state index contributed by atoms with van der Waals surface area (Å²) in [6, 6.07) is 4.11. The third-order valence-corrected chi connectivity index (χ3v) is 1.96. The lowest BCUT2D eigenvalue weighted by molar-refractivity contribution is 1.31. The van der Waals surface area contributed by atoms with E-state index >= 15 is 0 Å². The number of halogens is 1. The first-order valence-electron chi connectivity index (χ1n) is 2.95. The molecule has 0 amide bonds. The quantitative estimate of drug-likeness (QED) is 0.707. The molecule has 0 spiro atoms. The van der Waals surface area contributed by atoms with Gasteiger partial charge >= 0.3 is 0 Å². The topological polar surface area (TPSA) is 28.7 Å². The SMILES string of the molecule is Ic1cnc2[nH]ccc2c1. The summed E-state index contributed by atoms with van der Waals surface area (Å²) in [6.07, 6.45) is 3.74. The van der Waals surface area contributed by atoms with E-state index in [0.29, 0.717) is 0 Å². The van der Waals surface area contributed by atoms with Gasteiger partial charge in [0.2, 0.25) is 0 Å². The number of hydrogen-bond acceptors (Lipinski definition) is 1. The van der Waals surface area contributed by atoms with Gasteiger partial charge in [0, 0.05) is 21.4 Å². The Morgan fingerprint density at radius 3 is 3.30 bits per heavy atom. The molecule has 0 aliphatic carbocycles. The number of rotatable bonds is 0. The van der Waals surface area contributed by atoms with Gasteiger partial charge in [-0.3, -0.25) is 0 Å². The predicted molar refractivity (Wildman–Crippen MR) is 48.8 cm³/mol. The van der Waals surface area contributed by atoms with Crippen LogP contribution in [-0.4, -0.2) is 9.97 Å². The second kappa shape index (κ2) is 2.23. The van der Waals surface area contributed by atoms with Gasteiger partial charge in [-0.25, -0.2) is 4.98 Å². The lowest BCUT2D eigenvalue weighted by atomic mass is 10.3. The lowest BCUT2D eigenvalue weighted by Gasteiger charge is -1.88. The molecule has 2 nitrogen and oxygen atoms in total. The molecule has 1 N–H and O–H groups in total. The molecule has 3 heteroatoms. The maximum Gasteiger partial charge on any atom is 0.137 e. The molecule has 0 aliphatic heterocycles. The van der Waals surface area contributed by atoms with Crippen molar-refractivity contribution in [3.8, 4) is 0 Å². The maximum absolute atomic E-state index is 4.18.